The first kappa shape index (κ1) is 19.1. The fourth-order valence-electron chi connectivity index (χ4n) is 4.22. The lowest BCUT2D eigenvalue weighted by Crippen LogP contribution is -2.52. The number of benzene rings is 1. The molecule has 1 amide bonds. The largest absolute Gasteiger partial charge is 0.496 e. The maximum absolute atomic E-state index is 13.1. The van der Waals surface area contributed by atoms with Gasteiger partial charge in [0.25, 0.3) is 5.91 Å². The SMILES string of the molecule is COc1cccc(C(=O)N2CCC3CN(S(C)(=O)=O)CC3(CO)C2)c1C. The first-order valence-electron chi connectivity index (χ1n) is 8.71. The number of piperidine rings is 1. The Hall–Kier alpha value is -1.64. The summed E-state index contributed by atoms with van der Waals surface area (Å²) >= 11 is 0. The van der Waals surface area contributed by atoms with E-state index in [1.54, 1.807) is 24.1 Å². The fraction of sp³-hybridized carbons (Fsp3) is 0.611. The van der Waals surface area contributed by atoms with Crippen molar-refractivity contribution in [2.75, 3.05) is 46.2 Å². The molecule has 0 saturated carbocycles. The third kappa shape index (κ3) is 3.21. The van der Waals surface area contributed by atoms with Crippen molar-refractivity contribution in [2.24, 2.45) is 11.3 Å². The lowest BCUT2D eigenvalue weighted by atomic mass is 9.74. The molecular weight excluding hydrogens is 356 g/mol. The predicted octanol–water partition coefficient (Wildman–Crippen LogP) is 0.720. The van der Waals surface area contributed by atoms with Gasteiger partial charge in [0.15, 0.2) is 0 Å². The number of rotatable bonds is 4. The molecule has 2 unspecified atom stereocenters. The van der Waals surface area contributed by atoms with Crippen molar-refractivity contribution in [3.8, 4) is 5.75 Å². The zero-order chi connectivity index (χ0) is 19.1. The Morgan fingerprint density at radius 1 is 1.38 bits per heavy atom. The van der Waals surface area contributed by atoms with Crippen LogP contribution in [0, 0.1) is 18.3 Å². The predicted molar refractivity (Wildman–Crippen MR) is 97.7 cm³/mol. The van der Waals surface area contributed by atoms with Crippen molar-refractivity contribution in [1.82, 2.24) is 9.21 Å². The number of methoxy groups -OCH3 is 1. The molecule has 0 spiro atoms. The molecule has 1 N–H and O–H groups in total. The van der Waals surface area contributed by atoms with Crippen molar-refractivity contribution < 1.29 is 23.1 Å². The molecule has 144 valence electrons. The molecule has 2 aliphatic rings. The van der Waals surface area contributed by atoms with Gasteiger partial charge in [-0.3, -0.25) is 4.79 Å². The number of amides is 1. The second-order valence-corrected chi connectivity index (χ2v) is 9.40. The summed E-state index contributed by atoms with van der Waals surface area (Å²) in [4.78, 5) is 14.8. The summed E-state index contributed by atoms with van der Waals surface area (Å²) in [6.07, 6.45) is 1.87. The molecule has 2 heterocycles. The van der Waals surface area contributed by atoms with Gasteiger partial charge in [-0.15, -0.1) is 0 Å². The Morgan fingerprint density at radius 3 is 2.73 bits per heavy atom. The van der Waals surface area contributed by atoms with Crippen LogP contribution >= 0.6 is 0 Å². The molecule has 0 bridgehead atoms. The van der Waals surface area contributed by atoms with E-state index < -0.39 is 15.4 Å². The lowest BCUT2D eigenvalue weighted by molar-refractivity contribution is 0.0129. The standard InChI is InChI=1S/C18H26N2O5S/c1-13-15(5-4-6-16(13)25-2)17(22)19-8-7-14-9-20(26(3,23)24)11-18(14,10-19)12-21/h4-6,14,21H,7-12H2,1-3H3. The van der Waals surface area contributed by atoms with Crippen molar-refractivity contribution in [1.29, 1.82) is 0 Å². The Bertz CT molecular complexity index is 810. The molecule has 2 atom stereocenters. The zero-order valence-electron chi connectivity index (χ0n) is 15.4. The van der Waals surface area contributed by atoms with E-state index in [-0.39, 0.29) is 25.0 Å². The van der Waals surface area contributed by atoms with Gasteiger partial charge in [-0.1, -0.05) is 6.07 Å². The summed E-state index contributed by atoms with van der Waals surface area (Å²) in [5.74, 6) is 0.620. The highest BCUT2D eigenvalue weighted by molar-refractivity contribution is 7.88. The van der Waals surface area contributed by atoms with Crippen LogP contribution in [0.5, 0.6) is 5.75 Å². The third-order valence-electron chi connectivity index (χ3n) is 5.84. The summed E-state index contributed by atoms with van der Waals surface area (Å²) in [6, 6.07) is 5.37. The van der Waals surface area contributed by atoms with Gasteiger partial charge in [-0.25, -0.2) is 12.7 Å². The number of fused-ring (bicyclic) bond motifs is 1. The first-order chi connectivity index (χ1) is 12.2. The monoisotopic (exact) mass is 382 g/mol. The number of nitrogens with zero attached hydrogens (tertiary/aromatic N) is 2. The highest BCUT2D eigenvalue weighted by atomic mass is 32.2. The highest BCUT2D eigenvalue weighted by Gasteiger charge is 2.52. The van der Waals surface area contributed by atoms with E-state index in [1.807, 2.05) is 13.0 Å². The number of likely N-dealkylation sites (tertiary alicyclic amines) is 1. The Morgan fingerprint density at radius 2 is 2.12 bits per heavy atom. The van der Waals surface area contributed by atoms with Crippen molar-refractivity contribution in [3.63, 3.8) is 0 Å². The maximum Gasteiger partial charge on any atom is 0.254 e. The summed E-state index contributed by atoms with van der Waals surface area (Å²) in [7, 11) is -1.74. The second-order valence-electron chi connectivity index (χ2n) is 7.42. The number of ether oxygens (including phenoxy) is 1. The molecule has 2 aliphatic heterocycles. The second kappa shape index (κ2) is 6.83. The van der Waals surface area contributed by atoms with E-state index >= 15 is 0 Å². The van der Waals surface area contributed by atoms with E-state index in [9.17, 15) is 18.3 Å². The number of hydrogen-bond acceptors (Lipinski definition) is 5. The van der Waals surface area contributed by atoms with Crippen LogP contribution in [0.2, 0.25) is 0 Å². The van der Waals surface area contributed by atoms with Gasteiger partial charge < -0.3 is 14.7 Å². The summed E-state index contributed by atoms with van der Waals surface area (Å²) in [5.41, 5.74) is 0.766. The summed E-state index contributed by atoms with van der Waals surface area (Å²) in [5, 5.41) is 10.1. The molecule has 2 saturated heterocycles. The van der Waals surface area contributed by atoms with Crippen molar-refractivity contribution >= 4 is 15.9 Å². The molecule has 0 aromatic heterocycles. The molecule has 0 aliphatic carbocycles. The zero-order valence-corrected chi connectivity index (χ0v) is 16.3. The quantitative estimate of drug-likeness (QED) is 0.829. The molecule has 8 heteroatoms. The van der Waals surface area contributed by atoms with Crippen LogP contribution in [0.25, 0.3) is 0 Å². The van der Waals surface area contributed by atoms with Gasteiger partial charge in [0, 0.05) is 42.7 Å². The number of hydrogen-bond donors (Lipinski definition) is 1. The van der Waals surface area contributed by atoms with E-state index in [4.69, 9.17) is 4.74 Å². The minimum atomic E-state index is -3.31. The van der Waals surface area contributed by atoms with Crippen LogP contribution in [0.1, 0.15) is 22.3 Å². The van der Waals surface area contributed by atoms with Gasteiger partial charge in [0.05, 0.1) is 20.0 Å². The van der Waals surface area contributed by atoms with Crippen molar-refractivity contribution in [3.05, 3.63) is 29.3 Å². The topological polar surface area (TPSA) is 87.2 Å². The molecule has 7 nitrogen and oxygen atoms in total. The van der Waals surface area contributed by atoms with Gasteiger partial charge >= 0.3 is 0 Å². The number of carbonyl (C=O) groups excluding carboxylic acids is 1. The Labute approximate surface area is 154 Å². The van der Waals surface area contributed by atoms with Crippen LogP contribution < -0.4 is 4.74 Å². The highest BCUT2D eigenvalue weighted by Crippen LogP contribution is 2.43. The average Bonchev–Trinajstić information content (AvgIpc) is 3.01. The van der Waals surface area contributed by atoms with Crippen LogP contribution in [-0.2, 0) is 10.0 Å². The molecule has 0 radical (unpaired) electrons. The number of carbonyl (C=O) groups is 1. The maximum atomic E-state index is 13.1. The number of aliphatic hydroxyl groups is 1. The van der Waals surface area contributed by atoms with Gasteiger partial charge in [0.1, 0.15) is 5.75 Å². The van der Waals surface area contributed by atoms with E-state index in [2.05, 4.69) is 0 Å². The van der Waals surface area contributed by atoms with Crippen LogP contribution in [-0.4, -0.2) is 74.8 Å². The molecule has 3 rings (SSSR count). The minimum Gasteiger partial charge on any atom is -0.496 e. The van der Waals surface area contributed by atoms with Crippen LogP contribution in [0.15, 0.2) is 18.2 Å². The van der Waals surface area contributed by atoms with Crippen molar-refractivity contribution in [2.45, 2.75) is 13.3 Å². The molecule has 2 fully saturated rings. The summed E-state index contributed by atoms with van der Waals surface area (Å²) < 4.78 is 30.6. The fourth-order valence-corrected chi connectivity index (χ4v) is 5.17. The average molecular weight is 382 g/mol. The van der Waals surface area contributed by atoms with Crippen LogP contribution in [0.4, 0.5) is 0 Å². The van der Waals surface area contributed by atoms with E-state index in [0.29, 0.717) is 37.4 Å². The third-order valence-corrected chi connectivity index (χ3v) is 7.06. The normalized spacial score (nSPS) is 26.6. The van der Waals surface area contributed by atoms with Crippen LogP contribution in [0.3, 0.4) is 0 Å². The Balaban J connectivity index is 1.85. The number of sulfonamides is 1. The van der Waals surface area contributed by atoms with E-state index in [1.165, 1.54) is 10.6 Å². The number of aliphatic hydroxyl groups excluding tert-OH is 1. The minimum absolute atomic E-state index is 0.0673. The van der Waals surface area contributed by atoms with Gasteiger partial charge in [-0.2, -0.15) is 0 Å². The van der Waals surface area contributed by atoms with Gasteiger partial charge in [-0.05, 0) is 31.4 Å². The summed E-state index contributed by atoms with van der Waals surface area (Å²) in [6.45, 7) is 3.30. The lowest BCUT2D eigenvalue weighted by Gasteiger charge is -2.43. The Kier molecular flexibility index (Phi) is 5.02. The molecule has 1 aromatic rings. The van der Waals surface area contributed by atoms with Gasteiger partial charge in [0.2, 0.25) is 10.0 Å². The smallest absolute Gasteiger partial charge is 0.254 e. The molecular formula is C18H26N2O5S. The first-order valence-corrected chi connectivity index (χ1v) is 10.6. The molecule has 1 aromatic carbocycles. The molecule has 26 heavy (non-hydrogen) atoms. The van der Waals surface area contributed by atoms with E-state index in [0.717, 1.165) is 5.56 Å².